The average Bonchev–Trinajstić information content (AvgIpc) is 2.23. The van der Waals surface area contributed by atoms with Crippen LogP contribution in [0.5, 0.6) is 0 Å². The van der Waals surface area contributed by atoms with Gasteiger partial charge in [0, 0.05) is 19.2 Å². The molecule has 0 saturated heterocycles. The molecule has 2 aromatic rings. The summed E-state index contributed by atoms with van der Waals surface area (Å²) in [6.45, 7) is 0. The second-order valence-electron chi connectivity index (χ2n) is 3.09. The Morgan fingerprint density at radius 3 is 2.87 bits per heavy atom. The van der Waals surface area contributed by atoms with Gasteiger partial charge in [-0.25, -0.2) is 4.98 Å². The monoisotopic (exact) mass is 205 g/mol. The van der Waals surface area contributed by atoms with Crippen LogP contribution in [-0.4, -0.2) is 14.5 Å². The Bertz CT molecular complexity index is 603. The van der Waals surface area contributed by atoms with Crippen LogP contribution in [0.1, 0.15) is 0 Å². The van der Waals surface area contributed by atoms with Gasteiger partial charge in [-0.2, -0.15) is 0 Å². The van der Waals surface area contributed by atoms with E-state index in [1.807, 2.05) is 0 Å². The molecule has 1 aromatic carbocycles. The fourth-order valence-electron chi connectivity index (χ4n) is 1.34. The Balaban J connectivity index is 2.81. The Hall–Kier alpha value is -2.24. The quantitative estimate of drug-likeness (QED) is 0.510. The minimum atomic E-state index is -0.494. The third-order valence-corrected chi connectivity index (χ3v) is 2.18. The summed E-state index contributed by atoms with van der Waals surface area (Å²) in [5.41, 5.74) is 0.740. The van der Waals surface area contributed by atoms with E-state index >= 15 is 0 Å². The van der Waals surface area contributed by atoms with E-state index in [4.69, 9.17) is 0 Å². The molecule has 76 valence electrons. The molecule has 0 spiro atoms. The number of hydrogen-bond acceptors (Lipinski definition) is 4. The number of nitro groups is 1. The van der Waals surface area contributed by atoms with Crippen LogP contribution >= 0.6 is 0 Å². The van der Waals surface area contributed by atoms with Gasteiger partial charge >= 0.3 is 0 Å². The Morgan fingerprint density at radius 2 is 2.20 bits per heavy atom. The molecule has 0 amide bonds. The molecule has 0 atom stereocenters. The van der Waals surface area contributed by atoms with Crippen LogP contribution in [0.4, 0.5) is 5.69 Å². The fourth-order valence-corrected chi connectivity index (χ4v) is 1.34. The van der Waals surface area contributed by atoms with Gasteiger partial charge < -0.3 is 4.57 Å². The van der Waals surface area contributed by atoms with E-state index in [0.29, 0.717) is 11.0 Å². The maximum atomic E-state index is 11.2. The van der Waals surface area contributed by atoms with E-state index in [1.165, 1.54) is 22.8 Å². The van der Waals surface area contributed by atoms with Gasteiger partial charge in [0.15, 0.2) is 0 Å². The Kier molecular flexibility index (Phi) is 1.96. The molecule has 0 aliphatic heterocycles. The summed E-state index contributed by atoms with van der Waals surface area (Å²) in [4.78, 5) is 25.1. The molecule has 0 aliphatic rings. The summed E-state index contributed by atoms with van der Waals surface area (Å²) in [5.74, 6) is 0. The lowest BCUT2D eigenvalue weighted by molar-refractivity contribution is -0.384. The predicted octanol–water partition coefficient (Wildman–Crippen LogP) is 0.842. The fraction of sp³-hybridized carbons (Fsp3) is 0.111. The van der Waals surface area contributed by atoms with Gasteiger partial charge in [0.05, 0.1) is 22.2 Å². The van der Waals surface area contributed by atoms with Crippen molar-refractivity contribution in [2.24, 2.45) is 7.05 Å². The topological polar surface area (TPSA) is 78.0 Å². The highest BCUT2D eigenvalue weighted by atomic mass is 16.6. The number of non-ortho nitro benzene ring substituents is 1. The summed E-state index contributed by atoms with van der Waals surface area (Å²) < 4.78 is 1.39. The molecule has 6 nitrogen and oxygen atoms in total. The van der Waals surface area contributed by atoms with Crippen LogP contribution in [0.3, 0.4) is 0 Å². The van der Waals surface area contributed by atoms with Gasteiger partial charge in [-0.15, -0.1) is 0 Å². The molecule has 0 radical (unpaired) electrons. The summed E-state index contributed by atoms with van der Waals surface area (Å²) in [7, 11) is 1.60. The van der Waals surface area contributed by atoms with E-state index < -0.39 is 4.92 Å². The largest absolute Gasteiger partial charge is 0.309 e. The molecule has 0 fully saturated rings. The molecule has 0 N–H and O–H groups in total. The van der Waals surface area contributed by atoms with Crippen molar-refractivity contribution >= 4 is 16.7 Å². The lowest BCUT2D eigenvalue weighted by Crippen LogP contribution is -2.16. The maximum absolute atomic E-state index is 11.2. The van der Waals surface area contributed by atoms with Crippen LogP contribution in [0.2, 0.25) is 0 Å². The van der Waals surface area contributed by atoms with Crippen molar-refractivity contribution in [1.29, 1.82) is 0 Å². The minimum absolute atomic E-state index is 0.0337. The van der Waals surface area contributed by atoms with Crippen molar-refractivity contribution in [1.82, 2.24) is 9.55 Å². The molecule has 15 heavy (non-hydrogen) atoms. The smallest absolute Gasteiger partial charge is 0.271 e. The molecule has 1 heterocycles. The zero-order valence-corrected chi connectivity index (χ0v) is 7.88. The van der Waals surface area contributed by atoms with Crippen molar-refractivity contribution in [3.05, 3.63) is 44.9 Å². The zero-order chi connectivity index (χ0) is 11.0. The first kappa shape index (κ1) is 9.32. The van der Waals surface area contributed by atoms with Crippen LogP contribution in [-0.2, 0) is 7.05 Å². The maximum Gasteiger partial charge on any atom is 0.271 e. The molecule has 0 unspecified atom stereocenters. The standard InChI is InChI=1S/C9H7N3O3/c1-11-8-3-2-6(12(14)15)4-7(8)10-5-9(11)13/h2-5H,1H3. The van der Waals surface area contributed by atoms with Crippen LogP contribution < -0.4 is 5.56 Å². The number of rotatable bonds is 1. The second-order valence-corrected chi connectivity index (χ2v) is 3.09. The SMILES string of the molecule is Cn1c(=O)cnc2cc([N+](=O)[O-])ccc21. The van der Waals surface area contributed by atoms with Gasteiger partial charge in [0.25, 0.3) is 11.2 Å². The van der Waals surface area contributed by atoms with Crippen molar-refractivity contribution in [3.8, 4) is 0 Å². The number of nitro benzene ring substituents is 1. The van der Waals surface area contributed by atoms with Crippen molar-refractivity contribution < 1.29 is 4.92 Å². The molecular weight excluding hydrogens is 198 g/mol. The van der Waals surface area contributed by atoms with E-state index in [9.17, 15) is 14.9 Å². The summed E-state index contributed by atoms with van der Waals surface area (Å²) in [6.07, 6.45) is 1.14. The van der Waals surface area contributed by atoms with Gasteiger partial charge in [-0.3, -0.25) is 14.9 Å². The lowest BCUT2D eigenvalue weighted by Gasteiger charge is -2.02. The first-order chi connectivity index (χ1) is 7.09. The third kappa shape index (κ3) is 1.45. The number of aromatic nitrogens is 2. The van der Waals surface area contributed by atoms with Crippen molar-refractivity contribution in [3.63, 3.8) is 0 Å². The molecule has 2 rings (SSSR count). The molecule has 0 bridgehead atoms. The van der Waals surface area contributed by atoms with E-state index in [1.54, 1.807) is 7.05 Å². The zero-order valence-electron chi connectivity index (χ0n) is 7.88. The van der Waals surface area contributed by atoms with E-state index in [0.717, 1.165) is 6.20 Å². The van der Waals surface area contributed by atoms with Crippen LogP contribution in [0.25, 0.3) is 11.0 Å². The van der Waals surface area contributed by atoms with E-state index in [2.05, 4.69) is 4.98 Å². The highest BCUT2D eigenvalue weighted by Gasteiger charge is 2.08. The molecule has 1 aromatic heterocycles. The average molecular weight is 205 g/mol. The number of aryl methyl sites for hydroxylation is 1. The number of benzene rings is 1. The van der Waals surface area contributed by atoms with Gasteiger partial charge in [0.1, 0.15) is 0 Å². The number of nitrogens with zero attached hydrogens (tertiary/aromatic N) is 3. The summed E-state index contributed by atoms with van der Waals surface area (Å²) >= 11 is 0. The second kappa shape index (κ2) is 3.16. The van der Waals surface area contributed by atoms with Crippen LogP contribution in [0.15, 0.2) is 29.2 Å². The third-order valence-electron chi connectivity index (χ3n) is 2.18. The highest BCUT2D eigenvalue weighted by molar-refractivity contribution is 5.77. The minimum Gasteiger partial charge on any atom is -0.309 e. The molecular formula is C9H7N3O3. The summed E-state index contributed by atoms with van der Waals surface area (Å²) in [6, 6.07) is 4.21. The van der Waals surface area contributed by atoms with E-state index in [-0.39, 0.29) is 11.2 Å². The number of fused-ring (bicyclic) bond motifs is 1. The molecule has 0 aliphatic carbocycles. The Morgan fingerprint density at radius 1 is 1.47 bits per heavy atom. The predicted molar refractivity (Wildman–Crippen MR) is 53.6 cm³/mol. The number of hydrogen-bond donors (Lipinski definition) is 0. The normalized spacial score (nSPS) is 10.5. The summed E-state index contributed by atoms with van der Waals surface area (Å²) in [5, 5.41) is 10.5. The van der Waals surface area contributed by atoms with Gasteiger partial charge in [-0.1, -0.05) is 0 Å². The van der Waals surface area contributed by atoms with Crippen LogP contribution in [0, 0.1) is 10.1 Å². The molecule has 6 heteroatoms. The van der Waals surface area contributed by atoms with Crippen molar-refractivity contribution in [2.45, 2.75) is 0 Å². The Labute approximate surface area is 83.9 Å². The first-order valence-electron chi connectivity index (χ1n) is 4.20. The van der Waals surface area contributed by atoms with Gasteiger partial charge in [0.2, 0.25) is 0 Å². The lowest BCUT2D eigenvalue weighted by atomic mass is 10.2. The van der Waals surface area contributed by atoms with Crippen molar-refractivity contribution in [2.75, 3.05) is 0 Å². The molecule has 0 saturated carbocycles. The van der Waals surface area contributed by atoms with Gasteiger partial charge in [-0.05, 0) is 6.07 Å². The first-order valence-corrected chi connectivity index (χ1v) is 4.20. The highest BCUT2D eigenvalue weighted by Crippen LogP contribution is 2.16.